The minimum absolute atomic E-state index is 0.205. The standard InChI is InChI=1S/C9H9F3N2O/c1-5(2)8-6(13)3-4-7(14-8)15-9(10,11)12/h3-4H,1,13H2,2H3. The molecule has 6 heteroatoms. The van der Waals surface area contributed by atoms with E-state index in [1.165, 1.54) is 6.07 Å². The SMILES string of the molecule is C=C(C)c1nc(OC(F)(F)F)ccc1N. The number of ether oxygens (including phenoxy) is 1. The zero-order valence-corrected chi connectivity index (χ0v) is 7.93. The number of allylic oxidation sites excluding steroid dienone is 1. The first-order valence-electron chi connectivity index (χ1n) is 3.98. The summed E-state index contributed by atoms with van der Waals surface area (Å²) in [7, 11) is 0. The Balaban J connectivity index is 3.03. The molecule has 0 saturated heterocycles. The van der Waals surface area contributed by atoms with Crippen LogP contribution in [-0.2, 0) is 0 Å². The second-order valence-corrected chi connectivity index (χ2v) is 2.92. The number of hydrogen-bond acceptors (Lipinski definition) is 3. The fourth-order valence-corrected chi connectivity index (χ4v) is 0.969. The number of nitrogens with zero attached hydrogens (tertiary/aromatic N) is 1. The van der Waals surface area contributed by atoms with Crippen LogP contribution in [-0.4, -0.2) is 11.3 Å². The first-order valence-corrected chi connectivity index (χ1v) is 3.98. The second-order valence-electron chi connectivity index (χ2n) is 2.92. The van der Waals surface area contributed by atoms with E-state index in [4.69, 9.17) is 5.73 Å². The van der Waals surface area contributed by atoms with Crippen molar-refractivity contribution in [2.75, 3.05) is 5.73 Å². The molecule has 15 heavy (non-hydrogen) atoms. The molecule has 0 bridgehead atoms. The number of halogens is 3. The number of aromatic nitrogens is 1. The van der Waals surface area contributed by atoms with Gasteiger partial charge in [0.25, 0.3) is 0 Å². The van der Waals surface area contributed by atoms with Crippen LogP contribution >= 0.6 is 0 Å². The van der Waals surface area contributed by atoms with E-state index >= 15 is 0 Å². The van der Waals surface area contributed by atoms with Gasteiger partial charge in [0.15, 0.2) is 0 Å². The minimum atomic E-state index is -4.75. The Morgan fingerprint density at radius 2 is 2.07 bits per heavy atom. The maximum Gasteiger partial charge on any atom is 0.574 e. The summed E-state index contributed by atoms with van der Waals surface area (Å²) in [5, 5.41) is 0. The topological polar surface area (TPSA) is 48.1 Å². The molecule has 0 amide bonds. The summed E-state index contributed by atoms with van der Waals surface area (Å²) in [6.45, 7) is 5.14. The summed E-state index contributed by atoms with van der Waals surface area (Å²) in [4.78, 5) is 3.59. The predicted molar refractivity (Wildman–Crippen MR) is 50.0 cm³/mol. The molecule has 1 aromatic heterocycles. The molecule has 1 aromatic rings. The van der Waals surface area contributed by atoms with E-state index in [9.17, 15) is 13.2 Å². The van der Waals surface area contributed by atoms with Crippen LogP contribution < -0.4 is 10.5 Å². The summed E-state index contributed by atoms with van der Waals surface area (Å²) < 4.78 is 39.2. The van der Waals surface area contributed by atoms with Gasteiger partial charge >= 0.3 is 6.36 Å². The Kier molecular flexibility index (Phi) is 2.88. The molecule has 0 aromatic carbocycles. The molecule has 0 aliphatic carbocycles. The number of rotatable bonds is 2. The number of anilines is 1. The average Bonchev–Trinajstić information content (AvgIpc) is 2.05. The van der Waals surface area contributed by atoms with Crippen molar-refractivity contribution in [1.82, 2.24) is 4.98 Å². The van der Waals surface area contributed by atoms with Crippen molar-refractivity contribution in [3.8, 4) is 5.88 Å². The van der Waals surface area contributed by atoms with E-state index in [-0.39, 0.29) is 11.4 Å². The smallest absolute Gasteiger partial charge is 0.397 e. The molecule has 82 valence electrons. The predicted octanol–water partition coefficient (Wildman–Crippen LogP) is 2.60. The normalized spacial score (nSPS) is 11.2. The number of pyridine rings is 1. The number of hydrogen-bond donors (Lipinski definition) is 1. The van der Waals surface area contributed by atoms with Crippen LogP contribution in [0, 0.1) is 0 Å². The Bertz CT molecular complexity index is 387. The molecule has 2 N–H and O–H groups in total. The summed E-state index contributed by atoms with van der Waals surface area (Å²) in [6.07, 6.45) is -4.75. The summed E-state index contributed by atoms with van der Waals surface area (Å²) in [6, 6.07) is 2.34. The summed E-state index contributed by atoms with van der Waals surface area (Å²) >= 11 is 0. The van der Waals surface area contributed by atoms with Crippen LogP contribution in [0.5, 0.6) is 5.88 Å². The Morgan fingerprint density at radius 1 is 1.47 bits per heavy atom. The van der Waals surface area contributed by atoms with Crippen LogP contribution in [0.3, 0.4) is 0 Å². The van der Waals surface area contributed by atoms with Crippen molar-refractivity contribution in [2.24, 2.45) is 0 Å². The Hall–Kier alpha value is -1.72. The number of nitrogen functional groups attached to an aromatic ring is 1. The fraction of sp³-hybridized carbons (Fsp3) is 0.222. The third-order valence-corrected chi connectivity index (χ3v) is 1.53. The third kappa shape index (κ3) is 3.16. The fourth-order valence-electron chi connectivity index (χ4n) is 0.969. The minimum Gasteiger partial charge on any atom is -0.397 e. The van der Waals surface area contributed by atoms with Crippen molar-refractivity contribution >= 4 is 11.3 Å². The van der Waals surface area contributed by atoms with Gasteiger partial charge in [-0.1, -0.05) is 6.58 Å². The lowest BCUT2D eigenvalue weighted by molar-refractivity contribution is -0.276. The lowest BCUT2D eigenvalue weighted by Crippen LogP contribution is -2.18. The van der Waals surface area contributed by atoms with E-state index in [0.29, 0.717) is 5.57 Å². The average molecular weight is 218 g/mol. The monoisotopic (exact) mass is 218 g/mol. The molecular weight excluding hydrogens is 209 g/mol. The van der Waals surface area contributed by atoms with Gasteiger partial charge in [0.05, 0.1) is 11.4 Å². The van der Waals surface area contributed by atoms with Crippen LogP contribution in [0.1, 0.15) is 12.6 Å². The maximum absolute atomic E-state index is 11.9. The van der Waals surface area contributed by atoms with E-state index in [1.54, 1.807) is 6.92 Å². The van der Waals surface area contributed by atoms with Gasteiger partial charge in [-0.25, -0.2) is 4.98 Å². The highest BCUT2D eigenvalue weighted by Gasteiger charge is 2.31. The third-order valence-electron chi connectivity index (χ3n) is 1.53. The highest BCUT2D eigenvalue weighted by Crippen LogP contribution is 2.25. The van der Waals surface area contributed by atoms with Crippen molar-refractivity contribution in [3.63, 3.8) is 0 Å². The molecule has 0 unspecified atom stereocenters. The molecule has 0 fully saturated rings. The molecule has 0 aliphatic rings. The van der Waals surface area contributed by atoms with Crippen LogP contribution in [0.2, 0.25) is 0 Å². The van der Waals surface area contributed by atoms with Gasteiger partial charge in [-0.05, 0) is 18.6 Å². The molecule has 1 heterocycles. The van der Waals surface area contributed by atoms with Gasteiger partial charge in [0.2, 0.25) is 5.88 Å². The molecule has 0 radical (unpaired) electrons. The van der Waals surface area contributed by atoms with Crippen molar-refractivity contribution in [1.29, 1.82) is 0 Å². The zero-order chi connectivity index (χ0) is 11.6. The van der Waals surface area contributed by atoms with Crippen molar-refractivity contribution < 1.29 is 17.9 Å². The van der Waals surface area contributed by atoms with Crippen LogP contribution in [0.15, 0.2) is 18.7 Å². The van der Waals surface area contributed by atoms with Crippen LogP contribution in [0.4, 0.5) is 18.9 Å². The largest absolute Gasteiger partial charge is 0.574 e. The molecular formula is C9H9F3N2O. The van der Waals surface area contributed by atoms with Gasteiger partial charge in [-0.15, -0.1) is 13.2 Å². The molecule has 0 atom stereocenters. The zero-order valence-electron chi connectivity index (χ0n) is 7.93. The summed E-state index contributed by atoms with van der Waals surface area (Å²) in [5.74, 6) is -0.547. The summed E-state index contributed by atoms with van der Waals surface area (Å²) in [5.41, 5.74) is 6.43. The Morgan fingerprint density at radius 3 is 2.53 bits per heavy atom. The van der Waals surface area contributed by atoms with Gasteiger partial charge in [0.1, 0.15) is 0 Å². The highest BCUT2D eigenvalue weighted by atomic mass is 19.4. The molecule has 3 nitrogen and oxygen atoms in total. The van der Waals surface area contributed by atoms with Crippen molar-refractivity contribution in [3.05, 3.63) is 24.4 Å². The lowest BCUT2D eigenvalue weighted by atomic mass is 10.2. The van der Waals surface area contributed by atoms with Crippen molar-refractivity contribution in [2.45, 2.75) is 13.3 Å². The van der Waals surface area contributed by atoms with E-state index in [1.807, 2.05) is 0 Å². The lowest BCUT2D eigenvalue weighted by Gasteiger charge is -2.10. The molecule has 0 aliphatic heterocycles. The first kappa shape index (κ1) is 11.4. The van der Waals surface area contributed by atoms with Gasteiger partial charge in [-0.2, -0.15) is 0 Å². The van der Waals surface area contributed by atoms with Gasteiger partial charge in [-0.3, -0.25) is 0 Å². The van der Waals surface area contributed by atoms with Gasteiger partial charge in [0, 0.05) is 6.07 Å². The Labute approximate surface area is 84.4 Å². The van der Waals surface area contributed by atoms with E-state index in [0.717, 1.165) is 6.07 Å². The quantitative estimate of drug-likeness (QED) is 0.829. The van der Waals surface area contributed by atoms with E-state index < -0.39 is 12.2 Å². The van der Waals surface area contributed by atoms with Crippen LogP contribution in [0.25, 0.3) is 5.57 Å². The number of nitrogens with two attached hydrogens (primary N) is 1. The first-order chi connectivity index (χ1) is 6.79. The maximum atomic E-state index is 11.9. The number of alkyl halides is 3. The highest BCUT2D eigenvalue weighted by molar-refractivity contribution is 5.69. The molecule has 0 spiro atoms. The molecule has 1 rings (SSSR count). The molecule has 0 saturated carbocycles. The van der Waals surface area contributed by atoms with E-state index in [2.05, 4.69) is 16.3 Å². The van der Waals surface area contributed by atoms with Gasteiger partial charge < -0.3 is 10.5 Å². The second kappa shape index (κ2) is 3.80.